The van der Waals surface area contributed by atoms with Gasteiger partial charge < -0.3 is 5.32 Å². The van der Waals surface area contributed by atoms with E-state index in [4.69, 9.17) is 0 Å². The largest absolute Gasteiger partial charge is 0.347 e. The normalized spacial score (nSPS) is 23.2. The van der Waals surface area contributed by atoms with Crippen LogP contribution in [0.1, 0.15) is 33.2 Å². The zero-order valence-corrected chi connectivity index (χ0v) is 14.0. The number of benzene rings is 1. The van der Waals surface area contributed by atoms with Gasteiger partial charge in [-0.15, -0.1) is 5.10 Å². The van der Waals surface area contributed by atoms with E-state index in [1.807, 2.05) is 20.2 Å². The van der Waals surface area contributed by atoms with E-state index in [-0.39, 0.29) is 11.9 Å². The van der Waals surface area contributed by atoms with Crippen molar-refractivity contribution in [3.8, 4) is 5.69 Å². The molecule has 7 heteroatoms. The Labute approximate surface area is 144 Å². The molecular weight excluding hydrogens is 316 g/mol. The molecule has 0 bridgehead atoms. The number of rotatable bonds is 3. The van der Waals surface area contributed by atoms with Gasteiger partial charge >= 0.3 is 0 Å². The minimum absolute atomic E-state index is 0.149. The summed E-state index contributed by atoms with van der Waals surface area (Å²) >= 11 is 0. The number of nitrogens with one attached hydrogen (secondary N) is 1. The molecule has 3 atom stereocenters. The maximum atomic E-state index is 12.7. The third-order valence-electron chi connectivity index (χ3n) is 5.38. The Morgan fingerprint density at radius 2 is 2.16 bits per heavy atom. The molecule has 5 rings (SSSR count). The number of amides is 1. The number of hydrogen-bond acceptors (Lipinski definition) is 4. The zero-order chi connectivity index (χ0) is 17.1. The van der Waals surface area contributed by atoms with Crippen molar-refractivity contribution in [3.05, 3.63) is 59.2 Å². The summed E-state index contributed by atoms with van der Waals surface area (Å²) in [5, 5.41) is 15.5. The molecule has 0 radical (unpaired) electrons. The van der Waals surface area contributed by atoms with Gasteiger partial charge in [0.05, 0.1) is 18.1 Å². The third kappa shape index (κ3) is 2.12. The first-order valence-electron chi connectivity index (χ1n) is 8.43. The Morgan fingerprint density at radius 3 is 2.96 bits per heavy atom. The predicted molar refractivity (Wildman–Crippen MR) is 90.5 cm³/mol. The minimum Gasteiger partial charge on any atom is -0.347 e. The molecule has 0 saturated heterocycles. The van der Waals surface area contributed by atoms with Crippen molar-refractivity contribution >= 4 is 5.91 Å². The summed E-state index contributed by atoms with van der Waals surface area (Å²) in [5.41, 5.74) is 4.69. The lowest BCUT2D eigenvalue weighted by molar-refractivity contribution is 0.0942. The molecule has 0 unspecified atom stereocenters. The highest BCUT2D eigenvalue weighted by molar-refractivity contribution is 5.94. The Kier molecular flexibility index (Phi) is 2.89. The van der Waals surface area contributed by atoms with E-state index in [2.05, 4.69) is 45.0 Å². The van der Waals surface area contributed by atoms with Gasteiger partial charge in [-0.25, -0.2) is 4.68 Å². The van der Waals surface area contributed by atoms with E-state index < -0.39 is 0 Å². The molecule has 7 nitrogen and oxygen atoms in total. The first-order chi connectivity index (χ1) is 12.1. The van der Waals surface area contributed by atoms with E-state index in [0.717, 1.165) is 17.8 Å². The molecule has 1 aromatic carbocycles. The molecule has 2 aliphatic rings. The molecule has 2 heterocycles. The van der Waals surface area contributed by atoms with Crippen LogP contribution >= 0.6 is 0 Å². The second-order valence-electron chi connectivity index (χ2n) is 6.90. The van der Waals surface area contributed by atoms with Crippen LogP contribution in [0, 0.1) is 12.8 Å². The molecule has 1 N–H and O–H groups in total. The molecule has 126 valence electrons. The van der Waals surface area contributed by atoms with Gasteiger partial charge in [0.15, 0.2) is 5.69 Å². The highest BCUT2D eigenvalue weighted by Crippen LogP contribution is 2.56. The van der Waals surface area contributed by atoms with E-state index in [1.165, 1.54) is 11.1 Å². The first-order valence-corrected chi connectivity index (χ1v) is 8.43. The van der Waals surface area contributed by atoms with Crippen LogP contribution in [0.25, 0.3) is 5.69 Å². The highest BCUT2D eigenvalue weighted by Gasteiger charge is 2.56. The Bertz CT molecular complexity index is 987. The van der Waals surface area contributed by atoms with E-state index in [9.17, 15) is 4.79 Å². The second-order valence-corrected chi connectivity index (χ2v) is 6.90. The van der Waals surface area contributed by atoms with Crippen molar-refractivity contribution in [1.29, 1.82) is 0 Å². The molecule has 1 fully saturated rings. The summed E-state index contributed by atoms with van der Waals surface area (Å²) in [4.78, 5) is 12.7. The van der Waals surface area contributed by atoms with E-state index >= 15 is 0 Å². The van der Waals surface area contributed by atoms with Crippen LogP contribution in [-0.4, -0.2) is 36.7 Å². The summed E-state index contributed by atoms with van der Waals surface area (Å²) < 4.78 is 3.34. The van der Waals surface area contributed by atoms with Crippen LogP contribution in [-0.2, 0) is 13.5 Å². The van der Waals surface area contributed by atoms with Gasteiger partial charge in [0.2, 0.25) is 0 Å². The molecule has 2 aromatic heterocycles. The standard InChI is InChI=1S/C18H18N6O/c1-10-16(21-22-24(10)12-8-19-23(2)9-12)18(25)20-17-14-7-11-5-3-4-6-13(11)15(14)17/h3-6,8-9,14-15,17H,7H2,1-2H3,(H,20,25)/t14-,15+,17+/m0/s1. The second kappa shape index (κ2) is 5.02. The number of hydrogen-bond donors (Lipinski definition) is 1. The van der Waals surface area contributed by atoms with Gasteiger partial charge in [-0.2, -0.15) is 5.10 Å². The molecule has 0 aliphatic heterocycles. The van der Waals surface area contributed by atoms with Gasteiger partial charge in [0.25, 0.3) is 5.91 Å². The molecule has 1 saturated carbocycles. The van der Waals surface area contributed by atoms with E-state index in [0.29, 0.717) is 17.5 Å². The number of fused-ring (bicyclic) bond motifs is 3. The maximum absolute atomic E-state index is 12.7. The number of aryl methyl sites for hydroxylation is 1. The molecule has 0 spiro atoms. The van der Waals surface area contributed by atoms with Gasteiger partial charge in [-0.3, -0.25) is 9.48 Å². The van der Waals surface area contributed by atoms with Crippen LogP contribution in [0.15, 0.2) is 36.7 Å². The summed E-state index contributed by atoms with van der Waals surface area (Å²) in [6, 6.07) is 8.73. The SMILES string of the molecule is Cc1c(C(=O)N[C@@H]2[C@H]3Cc4ccccc4[C@H]32)nnn1-c1cnn(C)c1. The number of nitrogens with zero attached hydrogens (tertiary/aromatic N) is 5. The third-order valence-corrected chi connectivity index (χ3v) is 5.38. The minimum atomic E-state index is -0.149. The van der Waals surface area contributed by atoms with Gasteiger partial charge in [0.1, 0.15) is 5.69 Å². The van der Waals surface area contributed by atoms with Crippen molar-refractivity contribution in [1.82, 2.24) is 30.1 Å². The van der Waals surface area contributed by atoms with Crippen LogP contribution in [0.2, 0.25) is 0 Å². The Balaban J connectivity index is 1.35. The summed E-state index contributed by atoms with van der Waals surface area (Å²) in [7, 11) is 1.84. The van der Waals surface area contributed by atoms with Gasteiger partial charge in [-0.1, -0.05) is 29.5 Å². The molecular formula is C18H18N6O. The van der Waals surface area contributed by atoms with Crippen molar-refractivity contribution in [2.45, 2.75) is 25.3 Å². The average Bonchev–Trinajstić information content (AvgIpc) is 3.00. The smallest absolute Gasteiger partial charge is 0.274 e. The quantitative estimate of drug-likeness (QED) is 0.785. The predicted octanol–water partition coefficient (Wildman–Crippen LogP) is 1.38. The van der Waals surface area contributed by atoms with Crippen molar-refractivity contribution in [3.63, 3.8) is 0 Å². The lowest BCUT2D eigenvalue weighted by atomic mass is 10.1. The van der Waals surface area contributed by atoms with Crippen molar-refractivity contribution in [2.24, 2.45) is 13.0 Å². The van der Waals surface area contributed by atoms with Crippen LogP contribution in [0.4, 0.5) is 0 Å². The van der Waals surface area contributed by atoms with Crippen LogP contribution in [0.3, 0.4) is 0 Å². The fraction of sp³-hybridized carbons (Fsp3) is 0.333. The Morgan fingerprint density at radius 1 is 1.32 bits per heavy atom. The van der Waals surface area contributed by atoms with Gasteiger partial charge in [-0.05, 0) is 30.4 Å². The lowest BCUT2D eigenvalue weighted by Gasteiger charge is -2.09. The van der Waals surface area contributed by atoms with Gasteiger partial charge in [0, 0.05) is 19.0 Å². The fourth-order valence-corrected chi connectivity index (χ4v) is 4.07. The fourth-order valence-electron chi connectivity index (χ4n) is 4.07. The number of carbonyl (C=O) groups excluding carboxylic acids is 1. The number of carbonyl (C=O) groups is 1. The van der Waals surface area contributed by atoms with Crippen molar-refractivity contribution < 1.29 is 4.79 Å². The van der Waals surface area contributed by atoms with Crippen LogP contribution in [0.5, 0.6) is 0 Å². The first kappa shape index (κ1) is 14.4. The van der Waals surface area contributed by atoms with E-state index in [1.54, 1.807) is 15.6 Å². The summed E-state index contributed by atoms with van der Waals surface area (Å²) in [5.74, 6) is 0.827. The maximum Gasteiger partial charge on any atom is 0.274 e. The Hall–Kier alpha value is -2.96. The molecule has 1 amide bonds. The lowest BCUT2D eigenvalue weighted by Crippen LogP contribution is -2.29. The zero-order valence-electron chi connectivity index (χ0n) is 14.0. The van der Waals surface area contributed by atoms with Crippen molar-refractivity contribution in [2.75, 3.05) is 0 Å². The summed E-state index contributed by atoms with van der Waals surface area (Å²) in [6.07, 6.45) is 4.59. The molecule has 2 aliphatic carbocycles. The molecule has 3 aromatic rings. The average molecular weight is 334 g/mol. The number of aromatic nitrogens is 5. The summed E-state index contributed by atoms with van der Waals surface area (Å²) in [6.45, 7) is 1.85. The molecule has 25 heavy (non-hydrogen) atoms. The monoisotopic (exact) mass is 334 g/mol. The topological polar surface area (TPSA) is 77.6 Å². The van der Waals surface area contributed by atoms with Crippen LogP contribution < -0.4 is 5.32 Å². The highest BCUT2D eigenvalue weighted by atomic mass is 16.2.